The summed E-state index contributed by atoms with van der Waals surface area (Å²) in [7, 11) is 0. The van der Waals surface area contributed by atoms with Crippen LogP contribution in [-0.4, -0.2) is 518 Å². The molecule has 49 nitrogen and oxygen atoms in total. The number of rotatable bonds is 117. The minimum atomic E-state index is -0.162. The zero-order chi connectivity index (χ0) is 93.2. The number of nitrogens with one attached hydrogen (secondary N) is 3. The maximum absolute atomic E-state index is 12.5. The van der Waals surface area contributed by atoms with Gasteiger partial charge in [-0.1, -0.05) is 15.3 Å². The van der Waals surface area contributed by atoms with E-state index >= 15 is 0 Å². The molecule has 0 aromatic carbocycles. The fraction of sp³-hybridized carbons (Fsp3) is 0.963. The molecule has 3 amide bonds. The van der Waals surface area contributed by atoms with Gasteiger partial charge in [-0.05, 0) is 16.6 Å². The van der Waals surface area contributed by atoms with Crippen molar-refractivity contribution in [3.8, 4) is 0 Å². The van der Waals surface area contributed by atoms with Crippen LogP contribution in [0.2, 0.25) is 0 Å². The number of ether oxygens (including phenoxy) is 33. The van der Waals surface area contributed by atoms with Crippen LogP contribution in [0.5, 0.6) is 0 Å². The molecule has 0 aliphatic carbocycles. The second-order valence-electron chi connectivity index (χ2n) is 26.2. The highest BCUT2D eigenvalue weighted by atomic mass is 16.6. The highest BCUT2D eigenvalue weighted by Gasteiger charge is 2.11. The Labute approximate surface area is 767 Å². The van der Waals surface area contributed by atoms with Gasteiger partial charge in [-0.3, -0.25) is 19.3 Å². The van der Waals surface area contributed by atoms with Gasteiger partial charge in [-0.2, -0.15) is 0 Å². The summed E-state index contributed by atoms with van der Waals surface area (Å²) in [5, 5.41) is 18.7. The zero-order valence-corrected chi connectivity index (χ0v) is 77.3. The first-order valence-corrected chi connectivity index (χ1v) is 45.1. The fourth-order valence-electron chi connectivity index (χ4n) is 9.46. The molecule has 130 heavy (non-hydrogen) atoms. The van der Waals surface area contributed by atoms with E-state index in [4.69, 9.17) is 173 Å². The predicted molar refractivity (Wildman–Crippen MR) is 468 cm³/mol. The molecule has 0 fully saturated rings. The lowest BCUT2D eigenvalue weighted by Gasteiger charge is -2.22. The van der Waals surface area contributed by atoms with Crippen molar-refractivity contribution in [2.75, 3.05) is 495 Å². The third kappa shape index (κ3) is 113. The first-order chi connectivity index (χ1) is 64.5. The van der Waals surface area contributed by atoms with Crippen LogP contribution in [0.15, 0.2) is 15.3 Å². The molecule has 0 rings (SSSR count). The van der Waals surface area contributed by atoms with Gasteiger partial charge in [0.1, 0.15) is 0 Å². The van der Waals surface area contributed by atoms with E-state index in [2.05, 4.69) is 50.9 Å². The first-order valence-electron chi connectivity index (χ1n) is 45.1. The van der Waals surface area contributed by atoms with Crippen LogP contribution in [0.4, 0.5) is 0 Å². The Morgan fingerprint density at radius 1 is 0.169 bits per heavy atom. The summed E-state index contributed by atoms with van der Waals surface area (Å²) in [4.78, 5) is 47.7. The Balaban J connectivity index is 4.20. The number of nitrogens with zero attached hydrogens (tertiary/aromatic N) is 10. The fourth-order valence-corrected chi connectivity index (χ4v) is 9.46. The van der Waals surface area contributed by atoms with Gasteiger partial charge in [0.25, 0.3) is 0 Å². The van der Waals surface area contributed by atoms with Crippen LogP contribution in [-0.2, 0) is 171 Å². The lowest BCUT2D eigenvalue weighted by molar-refractivity contribution is -0.123. The lowest BCUT2D eigenvalue weighted by Crippen LogP contribution is -2.35. The number of hydrogen-bond donors (Lipinski definition) is 3. The number of azide groups is 3. The molecule has 0 heterocycles. The van der Waals surface area contributed by atoms with E-state index in [1.165, 1.54) is 0 Å². The van der Waals surface area contributed by atoms with E-state index in [0.29, 0.717) is 475 Å². The average molecular weight is 1890 g/mol. The van der Waals surface area contributed by atoms with Gasteiger partial charge in [0.2, 0.25) is 17.7 Å². The summed E-state index contributed by atoms with van der Waals surface area (Å²) >= 11 is 0. The average Bonchev–Trinajstić information content (AvgIpc) is 0.991. The van der Waals surface area contributed by atoms with Crippen LogP contribution in [0, 0.1) is 0 Å². The topological polar surface area (TPSA) is 541 Å². The molecular weight excluding hydrogens is 1730 g/mol. The standard InChI is InChI=1S/C81H159N13O36/c82-91-88-7-19-104-28-34-110-40-46-116-52-58-122-64-70-128-76-73-125-67-61-119-55-49-113-43-37-107-31-25-101-16-4-85-79(95)1-13-98-22-10-94(11-23-99-14-2-80(96)86-5-17-102-26-32-108-38-44-114-50-56-120-62-68-126-74-77-129-71-65-123-59-53-117-47-41-111-35-29-105-20-8-89-92-83)12-24-100-15-3-81(97)87-6-18-103-27-33-109-39-45-115-51-57-121-63-69-127-75-78-130-72-66-124-60-54-118-48-42-112-36-30-106-21-9-90-93-84/h1-78H2,(H,85,95)(H,86,96)(H,87,97). The monoisotopic (exact) mass is 1890 g/mol. The van der Waals surface area contributed by atoms with Crippen molar-refractivity contribution in [3.05, 3.63) is 31.3 Å². The molecule has 0 saturated heterocycles. The molecule has 0 saturated carbocycles. The predicted octanol–water partition coefficient (Wildman–Crippen LogP) is 1.29. The maximum Gasteiger partial charge on any atom is 0.222 e. The van der Waals surface area contributed by atoms with E-state index < -0.39 is 0 Å². The Bertz CT molecular complexity index is 2200. The second-order valence-corrected chi connectivity index (χ2v) is 26.2. The van der Waals surface area contributed by atoms with E-state index in [1.807, 2.05) is 0 Å². The van der Waals surface area contributed by atoms with Crippen molar-refractivity contribution >= 4 is 17.7 Å². The van der Waals surface area contributed by atoms with Crippen molar-refractivity contribution in [1.82, 2.24) is 20.9 Å². The van der Waals surface area contributed by atoms with Gasteiger partial charge >= 0.3 is 0 Å². The molecule has 0 bridgehead atoms. The van der Waals surface area contributed by atoms with E-state index in [-0.39, 0.29) is 56.8 Å². The summed E-state index contributed by atoms with van der Waals surface area (Å²) < 4.78 is 182. The minimum Gasteiger partial charge on any atom is -0.380 e. The van der Waals surface area contributed by atoms with Gasteiger partial charge < -0.3 is 172 Å². The minimum absolute atomic E-state index is 0.162. The smallest absolute Gasteiger partial charge is 0.222 e. The molecule has 0 aliphatic rings. The number of amides is 3. The van der Waals surface area contributed by atoms with Gasteiger partial charge in [0.15, 0.2) is 0 Å². The van der Waals surface area contributed by atoms with Crippen molar-refractivity contribution < 1.29 is 171 Å². The largest absolute Gasteiger partial charge is 0.380 e. The molecule has 0 unspecified atom stereocenters. The molecule has 0 aliphatic heterocycles. The zero-order valence-electron chi connectivity index (χ0n) is 77.3. The Kier molecular flexibility index (Phi) is 112. The third-order valence-corrected chi connectivity index (χ3v) is 16.0. The summed E-state index contributed by atoms with van der Waals surface area (Å²) in [6, 6.07) is 0. The lowest BCUT2D eigenvalue weighted by atomic mass is 10.4. The molecule has 764 valence electrons. The van der Waals surface area contributed by atoms with E-state index in [0.717, 1.165) is 0 Å². The normalized spacial score (nSPS) is 11.4. The number of carbonyl (C=O) groups is 3. The van der Waals surface area contributed by atoms with Gasteiger partial charge in [-0.25, -0.2) is 0 Å². The molecule has 3 N–H and O–H groups in total. The van der Waals surface area contributed by atoms with Gasteiger partial charge in [0.05, 0.1) is 436 Å². The number of hydrogen-bond acceptors (Lipinski definition) is 40. The highest BCUT2D eigenvalue weighted by Crippen LogP contribution is 1.99. The molecule has 0 aromatic rings. The highest BCUT2D eigenvalue weighted by molar-refractivity contribution is 5.76. The number of carbonyl (C=O) groups excluding carboxylic acids is 3. The summed E-state index contributed by atoms with van der Waals surface area (Å²) in [5.74, 6) is -0.486. The molecule has 49 heteroatoms. The van der Waals surface area contributed by atoms with Crippen LogP contribution in [0.3, 0.4) is 0 Å². The first kappa shape index (κ1) is 125. The van der Waals surface area contributed by atoms with Gasteiger partial charge in [0, 0.05) is 92.9 Å². The van der Waals surface area contributed by atoms with Crippen molar-refractivity contribution in [3.63, 3.8) is 0 Å². The molecule has 0 spiro atoms. The summed E-state index contributed by atoms with van der Waals surface area (Å²) in [6.07, 6.45) is 0.521. The SMILES string of the molecule is [N-]=[N+]=NCCOCCOCCOCCOCCOCCOCCOCCOCCOCCOCCNC(=O)CCOCCN(CCOCCC(=O)NCCOCCOCCOCCOCCOCCOCCOCCOCCOCCOCCN=[N+]=[N-])CCOCCC(=O)NCCOCCOCCOCCOCCOCCOCCOCCOCCOCCOCCN=[N+]=[N-]. The summed E-state index contributed by atoms with van der Waals surface area (Å²) in [5.41, 5.74) is 24.6. The van der Waals surface area contributed by atoms with Gasteiger partial charge in [-0.15, -0.1) is 0 Å². The van der Waals surface area contributed by atoms with Crippen LogP contribution in [0.1, 0.15) is 19.3 Å². The Hall–Kier alpha value is -5.02. The molecular formula is C81H159N13O36. The van der Waals surface area contributed by atoms with Crippen molar-refractivity contribution in [2.45, 2.75) is 19.3 Å². The molecule has 0 radical (unpaired) electrons. The third-order valence-electron chi connectivity index (χ3n) is 16.0. The molecule has 0 atom stereocenters. The van der Waals surface area contributed by atoms with Crippen LogP contribution >= 0.6 is 0 Å². The van der Waals surface area contributed by atoms with Crippen molar-refractivity contribution in [2.24, 2.45) is 15.3 Å². The van der Waals surface area contributed by atoms with Crippen LogP contribution < -0.4 is 16.0 Å². The summed E-state index contributed by atoms with van der Waals surface area (Å²) in [6.45, 7) is 30.8. The quantitative estimate of drug-likeness (QED) is 0.0334. The second kappa shape index (κ2) is 116. The maximum atomic E-state index is 12.5. The Morgan fingerprint density at radius 3 is 0.415 bits per heavy atom. The van der Waals surface area contributed by atoms with Crippen molar-refractivity contribution in [1.29, 1.82) is 0 Å². The van der Waals surface area contributed by atoms with E-state index in [1.54, 1.807) is 0 Å². The molecule has 0 aromatic heterocycles. The Morgan fingerprint density at radius 2 is 0.285 bits per heavy atom. The van der Waals surface area contributed by atoms with Crippen LogP contribution in [0.25, 0.3) is 31.3 Å². The van der Waals surface area contributed by atoms with E-state index in [9.17, 15) is 14.4 Å².